The number of ether oxygens (including phenoxy) is 1. The van der Waals surface area contributed by atoms with Crippen molar-refractivity contribution < 1.29 is 102 Å². The van der Waals surface area contributed by atoms with Crippen LogP contribution in [0.2, 0.25) is 0 Å². The van der Waals surface area contributed by atoms with Crippen molar-refractivity contribution in [2.45, 2.75) is 56.6 Å². The number of carbonyl (C=O) groups is 2. The summed E-state index contributed by atoms with van der Waals surface area (Å²) in [6.07, 6.45) is 0.0113. The molecule has 0 aliphatic heterocycles. The number of carbonyl (C=O) groups excluding carboxylic acids is 2. The molecule has 162 valence electrons. The van der Waals surface area contributed by atoms with Crippen molar-refractivity contribution in [2.75, 3.05) is 6.54 Å². The zero-order chi connectivity index (χ0) is 22.2. The summed E-state index contributed by atoms with van der Waals surface area (Å²) in [5, 5.41) is 24.4. The van der Waals surface area contributed by atoms with Crippen molar-refractivity contribution in [1.29, 1.82) is 0 Å². The summed E-state index contributed by atoms with van der Waals surface area (Å²) in [5.74, 6) is -1.60. The zero-order valence-electron chi connectivity index (χ0n) is 17.3. The maximum atomic E-state index is 12.3. The molecular weight excluding hydrogens is 539 g/mol. The Morgan fingerprint density at radius 2 is 1.73 bits per heavy atom. The largest absolute Gasteiger partial charge is 1.00 e. The number of hydrogen-bond acceptors (Lipinski definition) is 8. The first-order chi connectivity index (χ1) is 13.3. The molecule has 0 radical (unpaired) electrons. The van der Waals surface area contributed by atoms with Gasteiger partial charge in [0.25, 0.3) is 5.69 Å². The fraction of sp³-hybridized carbons (Fsp3) is 0.529. The molecule has 1 aromatic rings. The minimum Gasteiger partial charge on any atom is -0.548 e. The summed E-state index contributed by atoms with van der Waals surface area (Å²) in [5.41, 5.74) is -0.932. The van der Waals surface area contributed by atoms with E-state index in [2.05, 4.69) is 5.32 Å². The number of alkyl carbamates (subject to hydrolysis) is 1. The van der Waals surface area contributed by atoms with Gasteiger partial charge in [0.05, 0.1) is 21.8 Å². The van der Waals surface area contributed by atoms with E-state index < -0.39 is 38.7 Å². The molecule has 30 heavy (non-hydrogen) atoms. The number of carboxylic acids is 1. The molecule has 0 saturated heterocycles. The Bertz CT molecular complexity index is 838. The number of amides is 1. The number of nitro benzene ring substituents is 1. The molecule has 0 saturated carbocycles. The first-order valence-corrected chi connectivity index (χ1v) is 10.2. The van der Waals surface area contributed by atoms with Crippen LogP contribution in [0.1, 0.15) is 40.0 Å². The number of nitrogens with one attached hydrogen (secondary N) is 2. The second-order valence-corrected chi connectivity index (χ2v) is 8.88. The molecule has 0 fully saturated rings. The molecular formula is C17H24CsN3O8S. The van der Waals surface area contributed by atoms with E-state index in [1.165, 1.54) is 0 Å². The van der Waals surface area contributed by atoms with E-state index in [0.717, 1.165) is 24.3 Å². The van der Waals surface area contributed by atoms with Crippen molar-refractivity contribution in [3.05, 3.63) is 34.4 Å². The smallest absolute Gasteiger partial charge is 0.548 e. The van der Waals surface area contributed by atoms with Crippen LogP contribution >= 0.6 is 0 Å². The summed E-state index contributed by atoms with van der Waals surface area (Å²) in [6, 6.07) is 2.54. The van der Waals surface area contributed by atoms with Gasteiger partial charge in [-0.25, -0.2) is 17.9 Å². The van der Waals surface area contributed by atoms with Crippen molar-refractivity contribution in [3.8, 4) is 0 Å². The van der Waals surface area contributed by atoms with Crippen LogP contribution < -0.4 is 84.0 Å². The molecule has 1 atom stereocenters. The summed E-state index contributed by atoms with van der Waals surface area (Å²) in [7, 11) is -4.21. The number of nitrogens with zero attached hydrogens (tertiary/aromatic N) is 1. The molecule has 0 bridgehead atoms. The second-order valence-electron chi connectivity index (χ2n) is 7.17. The number of unbranched alkanes of at least 4 members (excludes halogenated alkanes) is 1. The monoisotopic (exact) mass is 563 g/mol. The molecule has 1 aromatic carbocycles. The number of carboxylic acid groups (broad SMARTS) is 1. The van der Waals surface area contributed by atoms with Gasteiger partial charge >= 0.3 is 75.0 Å². The standard InChI is InChI=1S/C17H25N3O8S.Cs/c1-17(2,3)28-16(23)18-11-5-4-6-14(15(21)22)19-29(26,27)13-9-7-12(8-10-13)20(24)25;/h7-10,14,19H,4-6,11H2,1-3H3,(H,18,23)(H,21,22);/q;+1/p-1/t14-;/m0./s1. The molecule has 0 aliphatic rings. The summed E-state index contributed by atoms with van der Waals surface area (Å²) < 4.78 is 31.7. The molecule has 2 N–H and O–H groups in total. The predicted molar refractivity (Wildman–Crippen MR) is 100 cm³/mol. The summed E-state index contributed by atoms with van der Waals surface area (Å²) in [4.78, 5) is 32.4. The van der Waals surface area contributed by atoms with Crippen LogP contribution in [-0.2, 0) is 19.6 Å². The molecule has 13 heteroatoms. The van der Waals surface area contributed by atoms with Crippen LogP contribution in [0.3, 0.4) is 0 Å². The van der Waals surface area contributed by atoms with E-state index in [4.69, 9.17) is 4.74 Å². The molecule has 0 spiro atoms. The van der Waals surface area contributed by atoms with Gasteiger partial charge in [-0.2, -0.15) is 0 Å². The van der Waals surface area contributed by atoms with Crippen molar-refractivity contribution >= 4 is 27.8 Å². The maximum absolute atomic E-state index is 12.3. The first kappa shape index (κ1) is 29.3. The molecule has 0 unspecified atom stereocenters. The number of aliphatic carboxylic acids is 1. The van der Waals surface area contributed by atoms with Gasteiger partial charge in [-0.05, 0) is 52.2 Å². The maximum Gasteiger partial charge on any atom is 1.00 e. The van der Waals surface area contributed by atoms with Gasteiger partial charge < -0.3 is 20.0 Å². The molecule has 1 rings (SSSR count). The van der Waals surface area contributed by atoms with Crippen LogP contribution in [0, 0.1) is 10.1 Å². The third-order valence-electron chi connectivity index (χ3n) is 3.53. The Balaban J connectivity index is 0.00000841. The number of hydrogen-bond donors (Lipinski definition) is 2. The van der Waals surface area contributed by atoms with E-state index in [1.54, 1.807) is 20.8 Å². The van der Waals surface area contributed by atoms with Gasteiger partial charge in [0.2, 0.25) is 10.0 Å². The average molecular weight is 563 g/mol. The Morgan fingerprint density at radius 1 is 1.17 bits per heavy atom. The quantitative estimate of drug-likeness (QED) is 0.182. The molecule has 1 amide bonds. The topological polar surface area (TPSA) is 168 Å². The number of rotatable bonds is 10. The van der Waals surface area contributed by atoms with Crippen LogP contribution in [-0.4, -0.2) is 43.6 Å². The third kappa shape index (κ3) is 11.1. The van der Waals surface area contributed by atoms with Gasteiger partial charge in [0.1, 0.15) is 5.60 Å². The van der Waals surface area contributed by atoms with Crippen molar-refractivity contribution in [1.82, 2.24) is 10.0 Å². The average Bonchev–Trinajstić information content (AvgIpc) is 2.58. The van der Waals surface area contributed by atoms with Crippen molar-refractivity contribution in [2.24, 2.45) is 0 Å². The van der Waals surface area contributed by atoms with Crippen LogP contribution in [0.4, 0.5) is 10.5 Å². The first-order valence-electron chi connectivity index (χ1n) is 8.76. The Hall–Kier alpha value is -0.678. The van der Waals surface area contributed by atoms with E-state index in [0.29, 0.717) is 6.42 Å². The Kier molecular flexibility index (Phi) is 12.7. The van der Waals surface area contributed by atoms with Crippen LogP contribution in [0.25, 0.3) is 0 Å². The molecule has 11 nitrogen and oxygen atoms in total. The number of benzene rings is 1. The zero-order valence-corrected chi connectivity index (χ0v) is 24.4. The van der Waals surface area contributed by atoms with Gasteiger partial charge in [0.15, 0.2) is 0 Å². The van der Waals surface area contributed by atoms with Crippen LogP contribution in [0.5, 0.6) is 0 Å². The van der Waals surface area contributed by atoms with Gasteiger partial charge in [-0.15, -0.1) is 0 Å². The summed E-state index contributed by atoms with van der Waals surface area (Å²) >= 11 is 0. The number of non-ortho nitro benzene ring substituents is 1. The Labute approximate surface area is 233 Å². The minimum absolute atomic E-state index is 0. The third-order valence-corrected chi connectivity index (χ3v) is 5.02. The molecule has 0 heterocycles. The van der Waals surface area contributed by atoms with Crippen molar-refractivity contribution in [3.63, 3.8) is 0 Å². The number of nitro groups is 1. The fourth-order valence-electron chi connectivity index (χ4n) is 2.21. The Morgan fingerprint density at radius 3 is 2.20 bits per heavy atom. The minimum atomic E-state index is -4.21. The van der Waals surface area contributed by atoms with E-state index in [-0.39, 0.29) is 98.9 Å². The van der Waals surface area contributed by atoms with Crippen LogP contribution in [0.15, 0.2) is 29.2 Å². The second kappa shape index (κ2) is 13.0. The molecule has 0 aromatic heterocycles. The van der Waals surface area contributed by atoms with Gasteiger partial charge in [0, 0.05) is 18.7 Å². The fourth-order valence-corrected chi connectivity index (χ4v) is 3.42. The van der Waals surface area contributed by atoms with E-state index >= 15 is 0 Å². The summed E-state index contributed by atoms with van der Waals surface area (Å²) in [6.45, 7) is 5.38. The van der Waals surface area contributed by atoms with Gasteiger partial charge in [-0.3, -0.25) is 10.1 Å². The van der Waals surface area contributed by atoms with E-state index in [1.807, 2.05) is 4.72 Å². The number of sulfonamides is 1. The SMILES string of the molecule is CC(C)(C)OC(=O)NCCCC[C@H](NS(=O)(=O)c1ccc([N+](=O)[O-])cc1)C(=O)[O-].[Cs+]. The molecule has 0 aliphatic carbocycles. The normalized spacial score (nSPS) is 12.4. The predicted octanol–water partition coefficient (Wildman–Crippen LogP) is -2.31. The van der Waals surface area contributed by atoms with E-state index in [9.17, 15) is 33.2 Å². The van der Waals surface area contributed by atoms with Gasteiger partial charge in [-0.1, -0.05) is 0 Å².